The van der Waals surface area contributed by atoms with Crippen LogP contribution in [0.5, 0.6) is 0 Å². The molecule has 4 nitrogen and oxygen atoms in total. The zero-order valence-electron chi connectivity index (χ0n) is 12.5. The number of benzene rings is 1. The lowest BCUT2D eigenvalue weighted by Gasteiger charge is -2.33. The van der Waals surface area contributed by atoms with Crippen molar-refractivity contribution in [3.63, 3.8) is 0 Å². The third-order valence-corrected chi connectivity index (χ3v) is 6.20. The van der Waals surface area contributed by atoms with Crippen LogP contribution in [-0.2, 0) is 10.0 Å². The molecule has 1 heterocycles. The number of rotatable bonds is 3. The third-order valence-electron chi connectivity index (χ3n) is 4.22. The number of hydrogen-bond acceptors (Lipinski definition) is 3. The summed E-state index contributed by atoms with van der Waals surface area (Å²) >= 11 is 0. The fourth-order valence-electron chi connectivity index (χ4n) is 2.82. The maximum absolute atomic E-state index is 12.6. The number of piperidine rings is 1. The average molecular weight is 296 g/mol. The van der Waals surface area contributed by atoms with E-state index in [1.807, 2.05) is 6.92 Å². The van der Waals surface area contributed by atoms with Crippen LogP contribution in [0.25, 0.3) is 0 Å². The molecule has 0 radical (unpaired) electrons. The van der Waals surface area contributed by atoms with Gasteiger partial charge in [-0.25, -0.2) is 8.42 Å². The van der Waals surface area contributed by atoms with E-state index < -0.39 is 10.0 Å². The molecule has 0 unspecified atom stereocenters. The molecule has 1 aromatic rings. The minimum atomic E-state index is -3.45. The minimum Gasteiger partial charge on any atom is -0.398 e. The highest BCUT2D eigenvalue weighted by atomic mass is 32.2. The molecule has 0 saturated carbocycles. The monoisotopic (exact) mass is 296 g/mol. The van der Waals surface area contributed by atoms with Gasteiger partial charge in [0.05, 0.1) is 5.69 Å². The van der Waals surface area contributed by atoms with E-state index in [0.717, 1.165) is 18.4 Å². The van der Waals surface area contributed by atoms with E-state index in [2.05, 4.69) is 13.8 Å². The van der Waals surface area contributed by atoms with Gasteiger partial charge in [-0.15, -0.1) is 0 Å². The summed E-state index contributed by atoms with van der Waals surface area (Å²) in [6.07, 6.45) is 1.87. The Bertz CT molecular complexity index is 574. The molecule has 1 saturated heterocycles. The topological polar surface area (TPSA) is 63.4 Å². The van der Waals surface area contributed by atoms with Crippen LogP contribution in [-0.4, -0.2) is 25.8 Å². The highest BCUT2D eigenvalue weighted by Crippen LogP contribution is 2.30. The van der Waals surface area contributed by atoms with Crippen LogP contribution >= 0.6 is 0 Å². The standard InChI is InChI=1S/C15H24N2O2S/c1-11(2)13-6-8-17(9-7-13)20(18,19)15-5-4-12(3)10-14(15)16/h4-5,10-11,13H,6-9,16H2,1-3H3. The number of aryl methyl sites for hydroxylation is 1. The highest BCUT2D eigenvalue weighted by Gasteiger charge is 2.31. The summed E-state index contributed by atoms with van der Waals surface area (Å²) in [6, 6.07) is 5.13. The fraction of sp³-hybridized carbons (Fsp3) is 0.600. The maximum Gasteiger partial charge on any atom is 0.245 e. The molecular weight excluding hydrogens is 272 g/mol. The molecule has 2 rings (SSSR count). The number of hydrogen-bond donors (Lipinski definition) is 1. The zero-order chi connectivity index (χ0) is 14.9. The summed E-state index contributed by atoms with van der Waals surface area (Å²) in [7, 11) is -3.45. The van der Waals surface area contributed by atoms with E-state index in [1.165, 1.54) is 0 Å². The van der Waals surface area contributed by atoms with Gasteiger partial charge < -0.3 is 5.73 Å². The van der Waals surface area contributed by atoms with Crippen molar-refractivity contribution < 1.29 is 8.42 Å². The van der Waals surface area contributed by atoms with Crippen LogP contribution in [0.2, 0.25) is 0 Å². The SMILES string of the molecule is Cc1ccc(S(=O)(=O)N2CCC(C(C)C)CC2)c(N)c1. The first-order valence-electron chi connectivity index (χ1n) is 7.18. The van der Waals surface area contributed by atoms with E-state index in [9.17, 15) is 8.42 Å². The van der Waals surface area contributed by atoms with Crippen molar-refractivity contribution in [3.05, 3.63) is 23.8 Å². The van der Waals surface area contributed by atoms with Gasteiger partial charge in [-0.2, -0.15) is 4.31 Å². The summed E-state index contributed by atoms with van der Waals surface area (Å²) in [5.41, 5.74) is 7.20. The van der Waals surface area contributed by atoms with E-state index in [4.69, 9.17) is 5.73 Å². The number of nitrogens with zero attached hydrogens (tertiary/aromatic N) is 1. The second-order valence-corrected chi connectivity index (χ2v) is 7.93. The van der Waals surface area contributed by atoms with Gasteiger partial charge in [-0.05, 0) is 49.3 Å². The molecule has 0 atom stereocenters. The van der Waals surface area contributed by atoms with Gasteiger partial charge in [0, 0.05) is 13.1 Å². The Morgan fingerprint density at radius 1 is 1.25 bits per heavy atom. The Balaban J connectivity index is 2.20. The largest absolute Gasteiger partial charge is 0.398 e. The van der Waals surface area contributed by atoms with Crippen molar-refractivity contribution >= 4 is 15.7 Å². The van der Waals surface area contributed by atoms with Crippen LogP contribution in [0.1, 0.15) is 32.3 Å². The summed E-state index contributed by atoms with van der Waals surface area (Å²) in [5, 5.41) is 0. The first-order chi connectivity index (χ1) is 9.32. The second-order valence-electron chi connectivity index (χ2n) is 6.03. The van der Waals surface area contributed by atoms with Gasteiger partial charge in [0.25, 0.3) is 0 Å². The summed E-state index contributed by atoms with van der Waals surface area (Å²) in [6.45, 7) is 7.50. The van der Waals surface area contributed by atoms with E-state index in [0.29, 0.717) is 30.6 Å². The van der Waals surface area contributed by atoms with Crippen LogP contribution in [0.4, 0.5) is 5.69 Å². The van der Waals surface area contributed by atoms with E-state index in [-0.39, 0.29) is 4.90 Å². The van der Waals surface area contributed by atoms with E-state index >= 15 is 0 Å². The zero-order valence-corrected chi connectivity index (χ0v) is 13.3. The van der Waals surface area contributed by atoms with Crippen LogP contribution in [0.3, 0.4) is 0 Å². The molecule has 0 aromatic heterocycles. The average Bonchev–Trinajstić information content (AvgIpc) is 2.38. The second kappa shape index (κ2) is 5.74. The lowest BCUT2D eigenvalue weighted by atomic mass is 9.87. The molecule has 1 aliphatic heterocycles. The molecule has 0 aliphatic carbocycles. The Kier molecular flexibility index (Phi) is 4.39. The molecule has 5 heteroatoms. The molecule has 0 amide bonds. The lowest BCUT2D eigenvalue weighted by molar-refractivity contribution is 0.226. The van der Waals surface area contributed by atoms with Gasteiger partial charge in [0.15, 0.2) is 0 Å². The fourth-order valence-corrected chi connectivity index (χ4v) is 4.39. The molecule has 0 bridgehead atoms. The van der Waals surface area contributed by atoms with Gasteiger partial charge >= 0.3 is 0 Å². The lowest BCUT2D eigenvalue weighted by Crippen LogP contribution is -2.39. The minimum absolute atomic E-state index is 0.242. The number of sulfonamides is 1. The van der Waals surface area contributed by atoms with Gasteiger partial charge in [-0.1, -0.05) is 19.9 Å². The first kappa shape index (κ1) is 15.3. The van der Waals surface area contributed by atoms with Crippen LogP contribution < -0.4 is 5.73 Å². The third kappa shape index (κ3) is 2.99. The predicted molar refractivity (Wildman–Crippen MR) is 81.9 cm³/mol. The molecule has 1 fully saturated rings. The molecule has 112 valence electrons. The van der Waals surface area contributed by atoms with Crippen molar-refractivity contribution in [2.75, 3.05) is 18.8 Å². The van der Waals surface area contributed by atoms with Gasteiger partial charge in [-0.3, -0.25) is 0 Å². The molecule has 20 heavy (non-hydrogen) atoms. The van der Waals surface area contributed by atoms with Crippen LogP contribution in [0.15, 0.2) is 23.1 Å². The summed E-state index contributed by atoms with van der Waals surface area (Å²) in [4.78, 5) is 0.242. The summed E-state index contributed by atoms with van der Waals surface area (Å²) in [5.74, 6) is 1.24. The quantitative estimate of drug-likeness (QED) is 0.872. The molecule has 0 spiro atoms. The van der Waals surface area contributed by atoms with E-state index in [1.54, 1.807) is 22.5 Å². The van der Waals surface area contributed by atoms with Gasteiger partial charge in [0.2, 0.25) is 10.0 Å². The highest BCUT2D eigenvalue weighted by molar-refractivity contribution is 7.89. The Morgan fingerprint density at radius 3 is 2.35 bits per heavy atom. The van der Waals surface area contributed by atoms with Gasteiger partial charge in [0.1, 0.15) is 4.90 Å². The molecular formula is C15H24N2O2S. The van der Waals surface area contributed by atoms with Crippen molar-refractivity contribution in [1.29, 1.82) is 0 Å². The number of nitrogen functional groups attached to an aromatic ring is 1. The van der Waals surface area contributed by atoms with Crippen LogP contribution in [0, 0.1) is 18.8 Å². The predicted octanol–water partition coefficient (Wildman–Crippen LogP) is 2.63. The number of anilines is 1. The molecule has 1 aromatic carbocycles. The first-order valence-corrected chi connectivity index (χ1v) is 8.62. The maximum atomic E-state index is 12.6. The molecule has 2 N–H and O–H groups in total. The Labute approximate surface area is 122 Å². The smallest absolute Gasteiger partial charge is 0.245 e. The van der Waals surface area contributed by atoms with Crippen molar-refractivity contribution in [2.24, 2.45) is 11.8 Å². The van der Waals surface area contributed by atoms with Crippen molar-refractivity contribution in [1.82, 2.24) is 4.31 Å². The van der Waals surface area contributed by atoms with Crippen molar-refractivity contribution in [3.8, 4) is 0 Å². The number of nitrogens with two attached hydrogens (primary N) is 1. The summed E-state index contributed by atoms with van der Waals surface area (Å²) < 4.78 is 26.9. The Morgan fingerprint density at radius 2 is 1.85 bits per heavy atom. The molecule has 1 aliphatic rings. The normalized spacial score (nSPS) is 18.6. The Hall–Kier alpha value is -1.07. The van der Waals surface area contributed by atoms with Crippen molar-refractivity contribution in [2.45, 2.75) is 38.5 Å².